The van der Waals surface area contributed by atoms with Crippen LogP contribution < -0.4 is 5.32 Å². The molecule has 1 aliphatic rings. The highest BCUT2D eigenvalue weighted by molar-refractivity contribution is 7.89. The van der Waals surface area contributed by atoms with Crippen LogP contribution in [0.4, 0.5) is 0 Å². The fourth-order valence-electron chi connectivity index (χ4n) is 3.05. The highest BCUT2D eigenvalue weighted by Crippen LogP contribution is 2.26. The lowest BCUT2D eigenvalue weighted by Gasteiger charge is -2.31. The number of amides is 1. The van der Waals surface area contributed by atoms with Gasteiger partial charge in [0.05, 0.1) is 16.5 Å². The van der Waals surface area contributed by atoms with E-state index in [1.165, 1.54) is 16.4 Å². The Balaban J connectivity index is 1.98. The smallest absolute Gasteiger partial charge is 0.243 e. The minimum absolute atomic E-state index is 0.00143. The van der Waals surface area contributed by atoms with Crippen LogP contribution in [0.1, 0.15) is 24.0 Å². The number of hydrogen-bond acceptors (Lipinski definition) is 5. The predicted molar refractivity (Wildman–Crippen MR) is 98.9 cm³/mol. The molecule has 0 spiro atoms. The lowest BCUT2D eigenvalue weighted by atomic mass is 9.97. The Morgan fingerprint density at radius 1 is 1.35 bits per heavy atom. The molecule has 0 aliphatic carbocycles. The lowest BCUT2D eigenvalue weighted by Crippen LogP contribution is -2.44. The van der Waals surface area contributed by atoms with Crippen LogP contribution in [0.5, 0.6) is 0 Å². The molecule has 0 atom stereocenters. The zero-order valence-electron chi connectivity index (χ0n) is 15.5. The molecule has 1 aromatic rings. The van der Waals surface area contributed by atoms with Crippen molar-refractivity contribution in [2.45, 2.75) is 24.7 Å². The second-order valence-corrected chi connectivity index (χ2v) is 8.77. The highest BCUT2D eigenvalue weighted by atomic mass is 32.2. The molecule has 7 nitrogen and oxygen atoms in total. The third kappa shape index (κ3) is 4.81. The molecule has 0 aromatic heterocycles. The van der Waals surface area contributed by atoms with Crippen molar-refractivity contribution in [1.82, 2.24) is 14.5 Å². The first-order valence-corrected chi connectivity index (χ1v) is 10.1. The van der Waals surface area contributed by atoms with Gasteiger partial charge in [-0.3, -0.25) is 4.79 Å². The van der Waals surface area contributed by atoms with Gasteiger partial charge in [0.2, 0.25) is 15.9 Å². The maximum atomic E-state index is 12.9. The van der Waals surface area contributed by atoms with Crippen LogP contribution in [0.15, 0.2) is 23.1 Å². The first-order chi connectivity index (χ1) is 12.3. The molecule has 0 saturated carbocycles. The molecule has 26 heavy (non-hydrogen) atoms. The van der Waals surface area contributed by atoms with Gasteiger partial charge < -0.3 is 10.2 Å². The van der Waals surface area contributed by atoms with Gasteiger partial charge >= 0.3 is 0 Å². The Hall–Kier alpha value is -1.95. The zero-order chi connectivity index (χ0) is 19.3. The van der Waals surface area contributed by atoms with E-state index in [-0.39, 0.29) is 16.7 Å². The molecule has 142 valence electrons. The second kappa shape index (κ2) is 8.62. The third-order valence-electron chi connectivity index (χ3n) is 4.60. The van der Waals surface area contributed by atoms with Crippen LogP contribution in [0.2, 0.25) is 0 Å². The summed E-state index contributed by atoms with van der Waals surface area (Å²) >= 11 is 0. The zero-order valence-corrected chi connectivity index (χ0v) is 16.3. The van der Waals surface area contributed by atoms with Crippen LogP contribution in [-0.4, -0.2) is 63.8 Å². The fraction of sp³-hybridized carbons (Fsp3) is 0.556. The predicted octanol–water partition coefficient (Wildman–Crippen LogP) is 0.945. The molecule has 2 rings (SSSR count). The van der Waals surface area contributed by atoms with Gasteiger partial charge in [-0.15, -0.1) is 0 Å². The van der Waals surface area contributed by atoms with Gasteiger partial charge in [0.15, 0.2) is 0 Å². The van der Waals surface area contributed by atoms with E-state index >= 15 is 0 Å². The van der Waals surface area contributed by atoms with Gasteiger partial charge in [-0.1, -0.05) is 0 Å². The summed E-state index contributed by atoms with van der Waals surface area (Å²) in [4.78, 5) is 14.4. The largest absolute Gasteiger partial charge is 0.355 e. The SMILES string of the molecule is Cc1cc(C#N)ccc1S(=O)(=O)N1CCC(C(=O)NCCN(C)C)CC1. The topological polar surface area (TPSA) is 93.5 Å². The van der Waals surface area contributed by atoms with E-state index in [0.29, 0.717) is 43.6 Å². The molecule has 1 amide bonds. The molecular formula is C18H26N4O3S. The van der Waals surface area contributed by atoms with E-state index in [0.717, 1.165) is 6.54 Å². The van der Waals surface area contributed by atoms with E-state index in [1.807, 2.05) is 25.1 Å². The Kier molecular flexibility index (Phi) is 6.75. The molecule has 1 fully saturated rings. The summed E-state index contributed by atoms with van der Waals surface area (Å²) in [6.45, 7) is 3.71. The van der Waals surface area contributed by atoms with Crippen molar-refractivity contribution in [1.29, 1.82) is 5.26 Å². The van der Waals surface area contributed by atoms with Crippen LogP contribution in [0.3, 0.4) is 0 Å². The standard InChI is InChI=1S/C18H26N4O3S/c1-14-12-15(13-19)4-5-17(14)26(24,25)22-9-6-16(7-10-22)18(23)20-8-11-21(2)3/h4-5,12,16H,6-11H2,1-3H3,(H,20,23). The summed E-state index contributed by atoms with van der Waals surface area (Å²) in [6, 6.07) is 6.60. The number of carbonyl (C=O) groups excluding carboxylic acids is 1. The normalized spacial score (nSPS) is 16.4. The number of rotatable bonds is 6. The van der Waals surface area contributed by atoms with Crippen LogP contribution in [0.25, 0.3) is 0 Å². The number of piperidine rings is 1. The molecular weight excluding hydrogens is 352 g/mol. The fourth-order valence-corrected chi connectivity index (χ4v) is 4.73. The van der Waals surface area contributed by atoms with E-state index in [9.17, 15) is 13.2 Å². The first kappa shape index (κ1) is 20.4. The molecule has 0 bridgehead atoms. The van der Waals surface area contributed by atoms with E-state index in [1.54, 1.807) is 13.0 Å². The van der Waals surface area contributed by atoms with Crippen LogP contribution in [0, 0.1) is 24.2 Å². The van der Waals surface area contributed by atoms with Crippen molar-refractivity contribution in [2.75, 3.05) is 40.3 Å². The van der Waals surface area contributed by atoms with Gasteiger partial charge in [0, 0.05) is 32.1 Å². The molecule has 1 aromatic carbocycles. The minimum atomic E-state index is -3.61. The number of benzene rings is 1. The summed E-state index contributed by atoms with van der Waals surface area (Å²) in [5.41, 5.74) is 1.00. The summed E-state index contributed by atoms with van der Waals surface area (Å²) < 4.78 is 27.2. The van der Waals surface area contributed by atoms with Crippen molar-refractivity contribution in [2.24, 2.45) is 5.92 Å². The molecule has 0 radical (unpaired) electrons. The summed E-state index contributed by atoms with van der Waals surface area (Å²) in [5, 5.41) is 11.8. The molecule has 1 N–H and O–H groups in total. The molecule has 1 heterocycles. The van der Waals surface area contributed by atoms with Crippen LogP contribution in [-0.2, 0) is 14.8 Å². The lowest BCUT2D eigenvalue weighted by molar-refractivity contribution is -0.126. The van der Waals surface area contributed by atoms with E-state index < -0.39 is 10.0 Å². The van der Waals surface area contributed by atoms with Crippen LogP contribution >= 0.6 is 0 Å². The Bertz CT molecular complexity index is 791. The highest BCUT2D eigenvalue weighted by Gasteiger charge is 2.32. The van der Waals surface area contributed by atoms with Crippen molar-refractivity contribution in [3.63, 3.8) is 0 Å². The number of carbonyl (C=O) groups is 1. The molecule has 8 heteroatoms. The third-order valence-corrected chi connectivity index (χ3v) is 6.66. The average Bonchev–Trinajstić information content (AvgIpc) is 2.61. The number of aryl methyl sites for hydroxylation is 1. The van der Waals surface area contributed by atoms with Gasteiger partial charge in [-0.25, -0.2) is 8.42 Å². The molecule has 1 saturated heterocycles. The van der Waals surface area contributed by atoms with Gasteiger partial charge in [0.25, 0.3) is 0 Å². The Labute approximate surface area is 155 Å². The van der Waals surface area contributed by atoms with Crippen molar-refractivity contribution < 1.29 is 13.2 Å². The summed E-state index contributed by atoms with van der Waals surface area (Å²) in [6.07, 6.45) is 1.03. The maximum absolute atomic E-state index is 12.9. The summed E-state index contributed by atoms with van der Waals surface area (Å²) in [5.74, 6) is -0.149. The number of nitriles is 1. The first-order valence-electron chi connectivity index (χ1n) is 8.69. The second-order valence-electron chi connectivity index (χ2n) is 6.86. The molecule has 0 unspecified atom stereocenters. The van der Waals surface area contributed by atoms with Gasteiger partial charge in [-0.2, -0.15) is 9.57 Å². The molecule has 1 aliphatic heterocycles. The van der Waals surface area contributed by atoms with Crippen molar-refractivity contribution >= 4 is 15.9 Å². The summed E-state index contributed by atoms with van der Waals surface area (Å²) in [7, 11) is 0.281. The number of sulfonamides is 1. The monoisotopic (exact) mass is 378 g/mol. The van der Waals surface area contributed by atoms with E-state index in [2.05, 4.69) is 5.32 Å². The average molecular weight is 378 g/mol. The number of nitrogens with zero attached hydrogens (tertiary/aromatic N) is 3. The maximum Gasteiger partial charge on any atom is 0.243 e. The quantitative estimate of drug-likeness (QED) is 0.795. The van der Waals surface area contributed by atoms with Gasteiger partial charge in [0.1, 0.15) is 0 Å². The van der Waals surface area contributed by atoms with Crippen molar-refractivity contribution in [3.05, 3.63) is 29.3 Å². The Morgan fingerprint density at radius 2 is 2.00 bits per heavy atom. The number of likely N-dealkylation sites (N-methyl/N-ethyl adjacent to an activating group) is 1. The minimum Gasteiger partial charge on any atom is -0.355 e. The number of hydrogen-bond donors (Lipinski definition) is 1. The van der Waals surface area contributed by atoms with E-state index in [4.69, 9.17) is 5.26 Å². The van der Waals surface area contributed by atoms with Gasteiger partial charge in [-0.05, 0) is 57.6 Å². The van der Waals surface area contributed by atoms with Crippen molar-refractivity contribution in [3.8, 4) is 6.07 Å². The Morgan fingerprint density at radius 3 is 2.54 bits per heavy atom. The number of nitrogens with one attached hydrogen (secondary N) is 1.